The first-order valence-corrected chi connectivity index (χ1v) is 7.87. The Hall–Kier alpha value is -1.04. The van der Waals surface area contributed by atoms with Gasteiger partial charge in [0.05, 0.1) is 22.3 Å². The Morgan fingerprint density at radius 3 is 2.80 bits per heavy atom. The quantitative estimate of drug-likeness (QED) is 0.893. The van der Waals surface area contributed by atoms with Crippen LogP contribution in [0, 0.1) is 0 Å². The fraction of sp³-hybridized carbons (Fsp3) is 0.385. The lowest BCUT2D eigenvalue weighted by atomic mass is 10.2. The number of hydrogen-bond donors (Lipinski definition) is 1. The number of rotatable bonds is 5. The standard InChI is InChI=1S/C13H15Cl2N3OS/c1-3-6-18-13(19)12(15)9(7-16-18)17-8(2)10-4-5-11(14)20-10/h4-5,7-8,17H,3,6H2,1-2H3. The first kappa shape index (κ1) is 15.4. The highest BCUT2D eigenvalue weighted by molar-refractivity contribution is 7.16. The third kappa shape index (κ3) is 3.34. The Balaban J connectivity index is 2.22. The molecule has 0 bridgehead atoms. The second-order valence-electron chi connectivity index (χ2n) is 4.41. The summed E-state index contributed by atoms with van der Waals surface area (Å²) in [4.78, 5) is 13.1. The van der Waals surface area contributed by atoms with Gasteiger partial charge < -0.3 is 5.32 Å². The third-order valence-electron chi connectivity index (χ3n) is 2.81. The monoisotopic (exact) mass is 331 g/mol. The number of halogens is 2. The molecule has 0 saturated heterocycles. The molecule has 2 aromatic heterocycles. The van der Waals surface area contributed by atoms with Gasteiger partial charge in [0.15, 0.2) is 0 Å². The van der Waals surface area contributed by atoms with Gasteiger partial charge in [0, 0.05) is 11.4 Å². The molecule has 1 N–H and O–H groups in total. The van der Waals surface area contributed by atoms with E-state index in [1.165, 1.54) is 16.0 Å². The van der Waals surface area contributed by atoms with E-state index in [0.29, 0.717) is 12.2 Å². The van der Waals surface area contributed by atoms with Crippen molar-refractivity contribution in [3.63, 3.8) is 0 Å². The van der Waals surface area contributed by atoms with Gasteiger partial charge in [-0.3, -0.25) is 4.79 Å². The Kier molecular flexibility index (Phi) is 5.07. The van der Waals surface area contributed by atoms with Crippen LogP contribution < -0.4 is 10.9 Å². The molecule has 20 heavy (non-hydrogen) atoms. The topological polar surface area (TPSA) is 46.9 Å². The molecular formula is C13H15Cl2N3OS. The van der Waals surface area contributed by atoms with Crippen LogP contribution in [0.5, 0.6) is 0 Å². The summed E-state index contributed by atoms with van der Waals surface area (Å²) in [7, 11) is 0. The van der Waals surface area contributed by atoms with E-state index in [-0.39, 0.29) is 16.6 Å². The molecule has 0 radical (unpaired) electrons. The number of aromatic nitrogens is 2. The van der Waals surface area contributed by atoms with Crippen LogP contribution >= 0.6 is 34.5 Å². The van der Waals surface area contributed by atoms with Crippen LogP contribution in [0.15, 0.2) is 23.1 Å². The number of nitrogens with one attached hydrogen (secondary N) is 1. The van der Waals surface area contributed by atoms with Crippen molar-refractivity contribution >= 4 is 40.2 Å². The van der Waals surface area contributed by atoms with E-state index in [1.807, 2.05) is 26.0 Å². The van der Waals surface area contributed by atoms with Crippen molar-refractivity contribution in [2.75, 3.05) is 5.32 Å². The number of aryl methyl sites for hydroxylation is 1. The molecule has 0 aliphatic carbocycles. The lowest BCUT2D eigenvalue weighted by molar-refractivity contribution is 0.568. The van der Waals surface area contributed by atoms with E-state index in [4.69, 9.17) is 23.2 Å². The molecule has 0 aromatic carbocycles. The lowest BCUT2D eigenvalue weighted by Crippen LogP contribution is -2.24. The van der Waals surface area contributed by atoms with Crippen LogP contribution in [-0.4, -0.2) is 9.78 Å². The summed E-state index contributed by atoms with van der Waals surface area (Å²) in [5.41, 5.74) is 0.274. The lowest BCUT2D eigenvalue weighted by Gasteiger charge is -2.15. The maximum atomic E-state index is 12.0. The molecule has 0 aliphatic heterocycles. The van der Waals surface area contributed by atoms with E-state index >= 15 is 0 Å². The highest BCUT2D eigenvalue weighted by atomic mass is 35.5. The van der Waals surface area contributed by atoms with Crippen LogP contribution in [0.3, 0.4) is 0 Å². The molecule has 1 unspecified atom stereocenters. The van der Waals surface area contributed by atoms with E-state index in [2.05, 4.69) is 10.4 Å². The van der Waals surface area contributed by atoms with E-state index < -0.39 is 0 Å². The van der Waals surface area contributed by atoms with Crippen molar-refractivity contribution < 1.29 is 0 Å². The van der Waals surface area contributed by atoms with Gasteiger partial charge in [-0.2, -0.15) is 5.10 Å². The highest BCUT2D eigenvalue weighted by Crippen LogP contribution is 2.29. The molecule has 7 heteroatoms. The molecule has 108 valence electrons. The van der Waals surface area contributed by atoms with Gasteiger partial charge in [-0.25, -0.2) is 4.68 Å². The average Bonchev–Trinajstić information content (AvgIpc) is 2.85. The number of anilines is 1. The van der Waals surface area contributed by atoms with Crippen molar-refractivity contribution in [1.29, 1.82) is 0 Å². The summed E-state index contributed by atoms with van der Waals surface area (Å²) < 4.78 is 2.11. The Labute approximate surface area is 131 Å². The molecule has 0 fully saturated rings. The Morgan fingerprint density at radius 2 is 2.20 bits per heavy atom. The average molecular weight is 332 g/mol. The van der Waals surface area contributed by atoms with Gasteiger partial charge in [0.25, 0.3) is 5.56 Å². The fourth-order valence-electron chi connectivity index (χ4n) is 1.80. The second-order valence-corrected chi connectivity index (χ2v) is 6.53. The molecule has 0 aliphatic rings. The number of nitrogens with zero attached hydrogens (tertiary/aromatic N) is 2. The van der Waals surface area contributed by atoms with Crippen LogP contribution in [0.25, 0.3) is 0 Å². The zero-order valence-electron chi connectivity index (χ0n) is 11.2. The molecule has 4 nitrogen and oxygen atoms in total. The minimum Gasteiger partial charge on any atom is -0.375 e. The van der Waals surface area contributed by atoms with Gasteiger partial charge >= 0.3 is 0 Å². The van der Waals surface area contributed by atoms with E-state index in [0.717, 1.165) is 15.6 Å². The molecule has 1 atom stereocenters. The van der Waals surface area contributed by atoms with Crippen molar-refractivity contribution in [3.8, 4) is 0 Å². The van der Waals surface area contributed by atoms with Crippen LogP contribution in [0.4, 0.5) is 5.69 Å². The normalized spacial score (nSPS) is 12.4. The predicted molar refractivity (Wildman–Crippen MR) is 85.2 cm³/mol. The maximum Gasteiger partial charge on any atom is 0.287 e. The van der Waals surface area contributed by atoms with Crippen LogP contribution in [-0.2, 0) is 6.54 Å². The zero-order chi connectivity index (χ0) is 14.7. The molecule has 2 heterocycles. The first-order valence-electron chi connectivity index (χ1n) is 6.30. The molecule has 0 spiro atoms. The van der Waals surface area contributed by atoms with Gasteiger partial charge in [-0.1, -0.05) is 30.1 Å². The first-order chi connectivity index (χ1) is 9.52. The van der Waals surface area contributed by atoms with Crippen molar-refractivity contribution in [1.82, 2.24) is 9.78 Å². The van der Waals surface area contributed by atoms with Gasteiger partial charge in [0.2, 0.25) is 0 Å². The maximum absolute atomic E-state index is 12.0. The smallest absolute Gasteiger partial charge is 0.287 e. The summed E-state index contributed by atoms with van der Waals surface area (Å²) in [6.07, 6.45) is 2.42. The Bertz CT molecular complexity index is 653. The van der Waals surface area contributed by atoms with Crippen molar-refractivity contribution in [3.05, 3.63) is 42.9 Å². The highest BCUT2D eigenvalue weighted by Gasteiger charge is 2.13. The predicted octanol–water partition coefficient (Wildman–Crippen LogP) is 4.19. The van der Waals surface area contributed by atoms with E-state index in [1.54, 1.807) is 6.20 Å². The summed E-state index contributed by atoms with van der Waals surface area (Å²) in [6.45, 7) is 4.53. The van der Waals surface area contributed by atoms with Crippen molar-refractivity contribution in [2.45, 2.75) is 32.9 Å². The second kappa shape index (κ2) is 6.61. The third-order valence-corrected chi connectivity index (χ3v) is 4.59. The van der Waals surface area contributed by atoms with Gasteiger partial charge in [0.1, 0.15) is 5.02 Å². The SMILES string of the molecule is CCCn1ncc(NC(C)c2ccc(Cl)s2)c(Cl)c1=O. The van der Waals surface area contributed by atoms with Crippen LogP contribution in [0.2, 0.25) is 9.36 Å². The molecule has 0 saturated carbocycles. The number of hydrogen-bond acceptors (Lipinski definition) is 4. The number of thiophene rings is 1. The van der Waals surface area contributed by atoms with Gasteiger partial charge in [-0.15, -0.1) is 11.3 Å². The molecular weight excluding hydrogens is 317 g/mol. The molecule has 2 rings (SSSR count). The van der Waals surface area contributed by atoms with Gasteiger partial charge in [-0.05, 0) is 25.5 Å². The Morgan fingerprint density at radius 1 is 1.45 bits per heavy atom. The van der Waals surface area contributed by atoms with Crippen molar-refractivity contribution in [2.24, 2.45) is 0 Å². The molecule has 2 aromatic rings. The molecule has 0 amide bonds. The minimum atomic E-state index is -0.269. The fourth-order valence-corrected chi connectivity index (χ4v) is 3.07. The summed E-state index contributed by atoms with van der Waals surface area (Å²) in [6, 6.07) is 3.80. The summed E-state index contributed by atoms with van der Waals surface area (Å²) in [5, 5.41) is 7.48. The largest absolute Gasteiger partial charge is 0.375 e. The zero-order valence-corrected chi connectivity index (χ0v) is 13.5. The minimum absolute atomic E-state index is 0.00762. The summed E-state index contributed by atoms with van der Waals surface area (Å²) in [5.74, 6) is 0. The van der Waals surface area contributed by atoms with Crippen LogP contribution in [0.1, 0.15) is 31.2 Å². The summed E-state index contributed by atoms with van der Waals surface area (Å²) >= 11 is 13.5. The van der Waals surface area contributed by atoms with E-state index in [9.17, 15) is 4.79 Å².